The molecule has 0 aliphatic carbocycles. The normalized spacial score (nSPS) is 20.4. The first kappa shape index (κ1) is 8.05. The molecule has 0 aromatic heterocycles. The van der Waals surface area contributed by atoms with E-state index in [9.17, 15) is 4.79 Å². The molecular formula is C6H11N2OSe. The molecule has 1 radical (unpaired) electrons. The quantitative estimate of drug-likeness (QED) is 0.624. The Balaban J connectivity index is 2.19. The zero-order valence-electron chi connectivity index (χ0n) is 5.80. The van der Waals surface area contributed by atoms with Gasteiger partial charge in [-0.25, -0.2) is 0 Å². The third-order valence-electron chi connectivity index (χ3n) is 1.61. The van der Waals surface area contributed by atoms with Gasteiger partial charge in [0.1, 0.15) is 0 Å². The van der Waals surface area contributed by atoms with E-state index in [4.69, 9.17) is 0 Å². The first-order chi connectivity index (χ1) is 4.79. The summed E-state index contributed by atoms with van der Waals surface area (Å²) in [4.78, 5) is 10.4. The molecule has 1 heterocycles. The molecule has 0 bridgehead atoms. The van der Waals surface area contributed by atoms with Crippen LogP contribution in [0.3, 0.4) is 0 Å². The average molecular weight is 206 g/mol. The van der Waals surface area contributed by atoms with E-state index in [-0.39, 0.29) is 4.81 Å². The van der Waals surface area contributed by atoms with Gasteiger partial charge in [-0.3, -0.25) is 0 Å². The molecule has 1 saturated heterocycles. The van der Waals surface area contributed by atoms with E-state index in [1.807, 2.05) is 5.01 Å². The van der Waals surface area contributed by atoms with Gasteiger partial charge in [-0.05, 0) is 0 Å². The predicted octanol–water partition coefficient (Wildman–Crippen LogP) is 0.265. The number of carbonyl (C=O) groups is 1. The average Bonchev–Trinajstić information content (AvgIpc) is 1.88. The van der Waals surface area contributed by atoms with Crippen LogP contribution >= 0.6 is 0 Å². The summed E-state index contributed by atoms with van der Waals surface area (Å²) in [6, 6.07) is 0. The van der Waals surface area contributed by atoms with Crippen LogP contribution in [-0.4, -0.2) is 38.9 Å². The summed E-state index contributed by atoms with van der Waals surface area (Å²) >= 11 is 2.40. The summed E-state index contributed by atoms with van der Waals surface area (Å²) in [5, 5.41) is 1.96. The van der Waals surface area contributed by atoms with Crippen molar-refractivity contribution in [2.24, 2.45) is 0 Å². The van der Waals surface area contributed by atoms with Gasteiger partial charge in [0.15, 0.2) is 0 Å². The van der Waals surface area contributed by atoms with Crippen LogP contribution in [0.2, 0.25) is 0 Å². The van der Waals surface area contributed by atoms with Crippen LogP contribution in [-0.2, 0) is 0 Å². The number of hydrogen-bond acceptors (Lipinski definition) is 2. The fourth-order valence-corrected chi connectivity index (χ4v) is 1.41. The van der Waals surface area contributed by atoms with Crippen LogP contribution in [0.25, 0.3) is 0 Å². The molecule has 1 amide bonds. The Bertz CT molecular complexity index is 123. The number of hydrazine groups is 1. The third kappa shape index (κ3) is 2.69. The van der Waals surface area contributed by atoms with Crippen molar-refractivity contribution in [3.8, 4) is 0 Å². The van der Waals surface area contributed by atoms with Crippen LogP contribution in [0.15, 0.2) is 0 Å². The van der Waals surface area contributed by atoms with Crippen molar-refractivity contribution >= 4 is 20.8 Å². The number of rotatable bonds is 1. The maximum atomic E-state index is 10.5. The fraction of sp³-hybridized carbons (Fsp3) is 0.833. The number of amides is 1. The van der Waals surface area contributed by atoms with E-state index >= 15 is 0 Å². The summed E-state index contributed by atoms with van der Waals surface area (Å²) < 4.78 is 0. The van der Waals surface area contributed by atoms with Gasteiger partial charge in [0.25, 0.3) is 0 Å². The second-order valence-corrected chi connectivity index (χ2v) is 3.22. The van der Waals surface area contributed by atoms with Crippen molar-refractivity contribution in [2.45, 2.75) is 19.3 Å². The van der Waals surface area contributed by atoms with E-state index in [1.54, 1.807) is 0 Å². The van der Waals surface area contributed by atoms with Gasteiger partial charge in [0.2, 0.25) is 0 Å². The number of carbonyl (C=O) groups excluding carboxylic acids is 1. The van der Waals surface area contributed by atoms with Crippen molar-refractivity contribution in [1.82, 2.24) is 10.4 Å². The van der Waals surface area contributed by atoms with Gasteiger partial charge in [-0.15, -0.1) is 0 Å². The molecule has 1 aliphatic heterocycles. The Morgan fingerprint density at radius 2 is 1.90 bits per heavy atom. The molecule has 0 spiro atoms. The minimum absolute atomic E-state index is 0.0816. The Kier molecular flexibility index (Phi) is 3.19. The zero-order chi connectivity index (χ0) is 7.40. The Morgan fingerprint density at radius 1 is 1.30 bits per heavy atom. The topological polar surface area (TPSA) is 32.3 Å². The molecule has 1 aliphatic rings. The van der Waals surface area contributed by atoms with Gasteiger partial charge < -0.3 is 0 Å². The van der Waals surface area contributed by atoms with E-state index in [2.05, 4.69) is 21.4 Å². The molecule has 0 unspecified atom stereocenters. The molecule has 57 valence electrons. The molecule has 4 heteroatoms. The summed E-state index contributed by atoms with van der Waals surface area (Å²) in [5.74, 6) is 0. The number of nitrogens with one attached hydrogen (secondary N) is 1. The van der Waals surface area contributed by atoms with Crippen LogP contribution in [0.5, 0.6) is 0 Å². The Hall–Kier alpha value is -0.0505. The number of hydrogen-bond donors (Lipinski definition) is 1. The van der Waals surface area contributed by atoms with Gasteiger partial charge in [-0.2, -0.15) is 0 Å². The van der Waals surface area contributed by atoms with Crippen molar-refractivity contribution in [2.75, 3.05) is 13.1 Å². The second kappa shape index (κ2) is 3.96. The molecule has 0 saturated carbocycles. The van der Waals surface area contributed by atoms with Gasteiger partial charge in [-0.1, -0.05) is 0 Å². The van der Waals surface area contributed by atoms with E-state index < -0.39 is 0 Å². The minimum atomic E-state index is -0.0816. The molecule has 1 rings (SSSR count). The Morgan fingerprint density at radius 3 is 2.40 bits per heavy atom. The summed E-state index contributed by atoms with van der Waals surface area (Å²) in [6.07, 6.45) is 3.68. The molecule has 0 atom stereocenters. The van der Waals surface area contributed by atoms with E-state index in [0.29, 0.717) is 0 Å². The van der Waals surface area contributed by atoms with Crippen molar-refractivity contribution in [3.05, 3.63) is 0 Å². The van der Waals surface area contributed by atoms with Crippen molar-refractivity contribution in [1.29, 1.82) is 0 Å². The van der Waals surface area contributed by atoms with E-state index in [1.165, 1.54) is 19.3 Å². The first-order valence-corrected chi connectivity index (χ1v) is 4.37. The summed E-state index contributed by atoms with van der Waals surface area (Å²) in [7, 11) is 0. The molecule has 1 fully saturated rings. The molecular weight excluding hydrogens is 195 g/mol. The molecule has 1 N–H and O–H groups in total. The molecule has 3 nitrogen and oxygen atoms in total. The van der Waals surface area contributed by atoms with Crippen LogP contribution in [0, 0.1) is 0 Å². The molecule has 10 heavy (non-hydrogen) atoms. The SMILES string of the molecule is O=C([Se])NN1CCCCC1. The van der Waals surface area contributed by atoms with Crippen LogP contribution < -0.4 is 5.43 Å². The standard InChI is InChI=1S/C6H11N2OSe/c9-6(10)7-8-4-2-1-3-5-8/h1-5H2,(H,7,9). The summed E-state index contributed by atoms with van der Waals surface area (Å²) in [6.45, 7) is 1.99. The fourth-order valence-electron chi connectivity index (χ4n) is 1.13. The van der Waals surface area contributed by atoms with Crippen molar-refractivity contribution < 1.29 is 4.79 Å². The monoisotopic (exact) mass is 207 g/mol. The molecule has 0 aromatic carbocycles. The molecule has 0 aromatic rings. The second-order valence-electron chi connectivity index (χ2n) is 2.45. The van der Waals surface area contributed by atoms with Gasteiger partial charge >= 0.3 is 68.4 Å². The Labute approximate surface area is 68.9 Å². The number of nitrogens with zero attached hydrogens (tertiary/aromatic N) is 1. The first-order valence-electron chi connectivity index (χ1n) is 3.51. The third-order valence-corrected chi connectivity index (χ3v) is 1.80. The maximum absolute atomic E-state index is 10.5. The van der Waals surface area contributed by atoms with E-state index in [0.717, 1.165) is 13.1 Å². The van der Waals surface area contributed by atoms with Gasteiger partial charge in [0.05, 0.1) is 0 Å². The van der Waals surface area contributed by atoms with Crippen molar-refractivity contribution in [3.63, 3.8) is 0 Å². The predicted molar refractivity (Wildman–Crippen MR) is 39.7 cm³/mol. The van der Waals surface area contributed by atoms with Gasteiger partial charge in [0, 0.05) is 0 Å². The van der Waals surface area contributed by atoms with Crippen LogP contribution in [0.4, 0.5) is 4.79 Å². The zero-order valence-corrected chi connectivity index (χ0v) is 7.51. The number of piperidine rings is 1. The summed E-state index contributed by atoms with van der Waals surface area (Å²) in [5.41, 5.74) is 2.72. The van der Waals surface area contributed by atoms with Crippen LogP contribution in [0.1, 0.15) is 19.3 Å².